The van der Waals surface area contributed by atoms with Gasteiger partial charge in [0.2, 0.25) is 12.3 Å². The first-order valence-electron chi connectivity index (χ1n) is 19.4. The normalized spacial score (nSPS) is 25.1. The average molecular weight is 772 g/mol. The number of carbonyl (C=O) groups is 1. The smallest absolute Gasteiger partial charge is 0.320 e. The van der Waals surface area contributed by atoms with E-state index >= 15 is 8.78 Å². The minimum Gasteiger partial charge on any atom is -0.508 e. The van der Waals surface area contributed by atoms with Crippen molar-refractivity contribution in [3.63, 3.8) is 0 Å². The van der Waals surface area contributed by atoms with Crippen molar-refractivity contribution < 1.29 is 36.9 Å². The number of halogens is 4. The predicted molar refractivity (Wildman–Crippen MR) is 199 cm³/mol. The number of fused-ring (bicyclic) bond motifs is 5. The lowest BCUT2D eigenvalue weighted by atomic mass is 9.95. The van der Waals surface area contributed by atoms with Crippen LogP contribution in [-0.2, 0) is 0 Å². The fourth-order valence-corrected chi connectivity index (χ4v) is 9.70. The van der Waals surface area contributed by atoms with Gasteiger partial charge in [-0.15, -0.1) is 6.42 Å². The van der Waals surface area contributed by atoms with Crippen LogP contribution in [-0.4, -0.2) is 119 Å². The predicted octanol–water partition coefficient (Wildman–Crippen LogP) is 5.90. The van der Waals surface area contributed by atoms with Crippen molar-refractivity contribution in [3.05, 3.63) is 41.5 Å². The summed E-state index contributed by atoms with van der Waals surface area (Å²) in [5, 5.41) is 11.5. The van der Waals surface area contributed by atoms with Crippen LogP contribution in [0.15, 0.2) is 24.3 Å². The van der Waals surface area contributed by atoms with Crippen molar-refractivity contribution in [1.29, 1.82) is 0 Å². The van der Waals surface area contributed by atoms with Crippen molar-refractivity contribution in [2.45, 2.75) is 50.6 Å². The van der Waals surface area contributed by atoms with Gasteiger partial charge in [-0.2, -0.15) is 9.97 Å². The Balaban J connectivity index is 1.05. The van der Waals surface area contributed by atoms with Crippen LogP contribution in [0.2, 0.25) is 0 Å². The van der Waals surface area contributed by atoms with E-state index in [0.717, 1.165) is 44.3 Å². The summed E-state index contributed by atoms with van der Waals surface area (Å²) in [5.41, 5.74) is -0.502. The maximum atomic E-state index is 17.3. The summed E-state index contributed by atoms with van der Waals surface area (Å²) in [6.45, 7) is 4.24. The van der Waals surface area contributed by atoms with Gasteiger partial charge < -0.3 is 34.2 Å². The number of piperazine rings is 1. The van der Waals surface area contributed by atoms with Crippen LogP contribution >= 0.6 is 0 Å². The van der Waals surface area contributed by atoms with Crippen molar-refractivity contribution >= 4 is 33.5 Å². The Morgan fingerprint density at radius 3 is 2.41 bits per heavy atom. The highest BCUT2D eigenvalue weighted by molar-refractivity contribution is 6.04. The summed E-state index contributed by atoms with van der Waals surface area (Å²) < 4.78 is 71.1. The molecule has 6 fully saturated rings. The highest BCUT2D eigenvalue weighted by Crippen LogP contribution is 2.51. The fourth-order valence-electron chi connectivity index (χ4n) is 9.70. The number of aromatic nitrogens is 3. The molecule has 2 amide bonds. The van der Waals surface area contributed by atoms with Crippen LogP contribution in [0.1, 0.15) is 37.7 Å². The van der Waals surface area contributed by atoms with Gasteiger partial charge in [-0.3, -0.25) is 0 Å². The number of nitrogens with zero attached hydrogens (tertiary/aromatic N) is 7. The van der Waals surface area contributed by atoms with Crippen molar-refractivity contribution in [2.75, 3.05) is 64.4 Å². The van der Waals surface area contributed by atoms with Gasteiger partial charge in [-0.05, 0) is 67.5 Å². The minimum absolute atomic E-state index is 0.0103. The summed E-state index contributed by atoms with van der Waals surface area (Å²) in [5.74, 6) is 1.73. The third-order valence-electron chi connectivity index (χ3n) is 13.0. The average Bonchev–Trinajstić information content (AvgIpc) is 4.04. The molecule has 4 saturated heterocycles. The van der Waals surface area contributed by atoms with Crippen LogP contribution in [0, 0.1) is 47.1 Å². The number of likely N-dealkylation sites (tertiary alicyclic amines) is 2. The molecule has 15 heteroatoms. The molecule has 0 spiro atoms. The summed E-state index contributed by atoms with van der Waals surface area (Å²) in [6, 6.07) is 4.61. The second-order valence-electron chi connectivity index (χ2n) is 16.7. The van der Waals surface area contributed by atoms with Crippen LogP contribution in [0.25, 0.3) is 32.9 Å². The quantitative estimate of drug-likeness (QED) is 0.165. The van der Waals surface area contributed by atoms with Crippen molar-refractivity contribution in [3.8, 4) is 41.2 Å². The molecule has 4 aromatic rings. The fraction of sp³-hybridized carbons (Fsp3) is 0.512. The van der Waals surface area contributed by atoms with E-state index in [1.54, 1.807) is 0 Å². The number of pyridine rings is 1. The number of rotatable bonds is 9. The summed E-state index contributed by atoms with van der Waals surface area (Å²) >= 11 is 0. The highest BCUT2D eigenvalue weighted by atomic mass is 19.3. The van der Waals surface area contributed by atoms with Gasteiger partial charge in [0.15, 0.2) is 5.82 Å². The van der Waals surface area contributed by atoms with Crippen LogP contribution < -0.4 is 14.4 Å². The number of phenols is 1. The number of hydrogen-bond donors (Lipinski definition) is 1. The first-order chi connectivity index (χ1) is 27.0. The maximum Gasteiger partial charge on any atom is 0.320 e. The first-order valence-corrected chi connectivity index (χ1v) is 19.4. The first kappa shape index (κ1) is 35.3. The van der Waals surface area contributed by atoms with Crippen molar-refractivity contribution in [2.24, 2.45) is 23.2 Å². The molecule has 6 heterocycles. The second-order valence-corrected chi connectivity index (χ2v) is 16.7. The van der Waals surface area contributed by atoms with Crippen LogP contribution in [0.4, 0.5) is 28.2 Å². The molecule has 1 N–H and O–H groups in total. The zero-order valence-corrected chi connectivity index (χ0v) is 30.9. The Labute approximate surface area is 320 Å². The molecule has 292 valence electrons. The topological polar surface area (TPSA) is 107 Å². The molecule has 0 radical (unpaired) electrons. The summed E-state index contributed by atoms with van der Waals surface area (Å²) in [7, 11) is 1.39. The SMILES string of the molecule is C#Cc1c(F)ccc2cc(O)cc(-c3nc(OC)c4c(N5CC6CCC(C5)N6C(=O)N5CC(C(F)F)C5)nc(OCC5(CN6CC7CC7C6)CC5)nc4c3F)c12. The Kier molecular flexibility index (Phi) is 8.18. The van der Waals surface area contributed by atoms with Gasteiger partial charge in [0, 0.05) is 62.2 Å². The lowest BCUT2D eigenvalue weighted by Crippen LogP contribution is -2.63. The largest absolute Gasteiger partial charge is 0.508 e. The number of carbonyl (C=O) groups excluding carboxylic acids is 1. The molecule has 2 saturated carbocycles. The minimum atomic E-state index is -2.47. The van der Waals surface area contributed by atoms with Gasteiger partial charge in [-0.25, -0.2) is 27.3 Å². The maximum absolute atomic E-state index is 17.3. The molecular formula is C41H41F4N7O4. The standard InChI is InChI=1S/C41H41F4N7O4/c1-3-28-30(42)7-4-21-11-27(53)12-29(31(21)28)34-33(43)35-32(38(46-34)55-2)37(48-39(47-35)56-20-41(8-9-41)19-49-13-22-10-23(22)14-49)50-17-25-5-6-26(18-50)52(25)40(54)51-15-24(16-51)36(44)45/h1,4,7,11-12,22-26,36,53H,5-6,8-10,13-20H2,2H3. The van der Waals surface area contributed by atoms with Gasteiger partial charge in [0.05, 0.1) is 37.3 Å². The Morgan fingerprint density at radius 1 is 1.02 bits per heavy atom. The number of aromatic hydroxyl groups is 1. The van der Waals surface area contributed by atoms with E-state index < -0.39 is 24.0 Å². The molecule has 2 aliphatic carbocycles. The summed E-state index contributed by atoms with van der Waals surface area (Å²) in [6.07, 6.45) is 8.02. The van der Waals surface area contributed by atoms with E-state index in [4.69, 9.17) is 20.9 Å². The van der Waals surface area contributed by atoms with Crippen LogP contribution in [0.5, 0.6) is 17.6 Å². The number of methoxy groups -OCH3 is 1. The molecule has 4 unspecified atom stereocenters. The molecule has 4 aliphatic heterocycles. The van der Waals surface area contributed by atoms with Gasteiger partial charge in [0.1, 0.15) is 34.0 Å². The third kappa shape index (κ3) is 5.82. The van der Waals surface area contributed by atoms with E-state index in [9.17, 15) is 18.7 Å². The molecule has 4 atom stereocenters. The molecule has 2 aromatic heterocycles. The number of piperidine rings is 1. The molecule has 11 nitrogen and oxygen atoms in total. The molecule has 56 heavy (non-hydrogen) atoms. The van der Waals surface area contributed by atoms with E-state index in [0.29, 0.717) is 43.7 Å². The van der Waals surface area contributed by atoms with Gasteiger partial charge in [-0.1, -0.05) is 12.0 Å². The number of anilines is 1. The number of phenolic OH excluding ortho intramolecular Hbond substituents is 1. The van der Waals surface area contributed by atoms with Crippen molar-refractivity contribution in [1.82, 2.24) is 29.7 Å². The van der Waals surface area contributed by atoms with E-state index in [1.807, 2.05) is 9.80 Å². The van der Waals surface area contributed by atoms with Crippen LogP contribution in [0.3, 0.4) is 0 Å². The summed E-state index contributed by atoms with van der Waals surface area (Å²) in [4.78, 5) is 35.5. The second kappa shape index (κ2) is 13.0. The van der Waals surface area contributed by atoms with E-state index in [-0.39, 0.29) is 87.4 Å². The van der Waals surface area contributed by atoms with Gasteiger partial charge in [0.25, 0.3) is 0 Å². The highest BCUT2D eigenvalue weighted by Gasteiger charge is 2.51. The number of benzene rings is 2. The number of terminal acetylenes is 1. The Bertz CT molecular complexity index is 2310. The zero-order chi connectivity index (χ0) is 38.6. The monoisotopic (exact) mass is 771 g/mol. The van der Waals surface area contributed by atoms with Gasteiger partial charge >= 0.3 is 12.0 Å². The number of urea groups is 1. The Morgan fingerprint density at radius 2 is 1.75 bits per heavy atom. The molecule has 2 bridgehead atoms. The lowest BCUT2D eigenvalue weighted by Gasteiger charge is -2.47. The number of amides is 2. The number of alkyl halides is 2. The van der Waals surface area contributed by atoms with E-state index in [1.165, 1.54) is 42.7 Å². The molecule has 2 aromatic carbocycles. The molecular weight excluding hydrogens is 730 g/mol. The molecule has 10 rings (SSSR count). The number of ether oxygens (including phenoxy) is 2. The zero-order valence-electron chi connectivity index (χ0n) is 30.9. The van der Waals surface area contributed by atoms with E-state index in [2.05, 4.69) is 20.8 Å². The molecule has 6 aliphatic rings. The number of hydrogen-bond acceptors (Lipinski definition) is 9. The third-order valence-corrected chi connectivity index (χ3v) is 13.0. The lowest BCUT2D eigenvalue weighted by molar-refractivity contribution is -0.0152. The Hall–Kier alpha value is -5.10.